The molecule has 76 valence electrons. The third-order valence-corrected chi connectivity index (χ3v) is 2.20. The monoisotopic (exact) mass is 211 g/mol. The molecule has 0 saturated carbocycles. The van der Waals surface area contributed by atoms with Gasteiger partial charge in [0.15, 0.2) is 5.05 Å². The lowest BCUT2D eigenvalue weighted by Crippen LogP contribution is -2.23. The molecule has 1 rings (SSSR count). The zero-order chi connectivity index (χ0) is 10.6. The van der Waals surface area contributed by atoms with Crippen molar-refractivity contribution in [3.63, 3.8) is 0 Å². The molecule has 0 heterocycles. The summed E-state index contributed by atoms with van der Waals surface area (Å²) in [5.41, 5.74) is 0.898. The molecule has 1 aromatic carbocycles. The number of anilines is 1. The predicted octanol–water partition coefficient (Wildman–Crippen LogP) is 2.38. The summed E-state index contributed by atoms with van der Waals surface area (Å²) in [6.45, 7) is 1.80. The van der Waals surface area contributed by atoms with E-state index in [2.05, 4.69) is 17.5 Å². The molecule has 0 aliphatic carbocycles. The van der Waals surface area contributed by atoms with E-state index in [0.29, 0.717) is 0 Å². The summed E-state index contributed by atoms with van der Waals surface area (Å²) in [7, 11) is 1.62. The van der Waals surface area contributed by atoms with Gasteiger partial charge in [-0.2, -0.15) is 0 Å². The summed E-state index contributed by atoms with van der Waals surface area (Å²) >= 11 is 4.63. The third-order valence-electron chi connectivity index (χ3n) is 1.84. The molecule has 0 amide bonds. The minimum absolute atomic E-state index is 0.0409. The Bertz CT molecular complexity index is 310. The Labute approximate surface area is 88.7 Å². The fourth-order valence-corrected chi connectivity index (χ4v) is 1.06. The van der Waals surface area contributed by atoms with E-state index in [9.17, 15) is 0 Å². The molecule has 2 N–H and O–H groups in total. The van der Waals surface area contributed by atoms with Crippen LogP contribution in [-0.2, 0) is 0 Å². The summed E-state index contributed by atoms with van der Waals surface area (Å²) in [4.78, 5) is 0. The molecule has 0 spiro atoms. The molecule has 0 bridgehead atoms. The number of benzene rings is 1. The number of methoxy groups -OCH3 is 1. The van der Waals surface area contributed by atoms with Crippen molar-refractivity contribution in [3.05, 3.63) is 24.3 Å². The zero-order valence-electron chi connectivity index (χ0n) is 8.15. The lowest BCUT2D eigenvalue weighted by molar-refractivity contribution is 0.415. The van der Waals surface area contributed by atoms with Crippen LogP contribution in [0.2, 0.25) is 0 Å². The number of ether oxygens (including phenoxy) is 1. The van der Waals surface area contributed by atoms with Crippen molar-refractivity contribution in [3.8, 4) is 5.75 Å². The van der Waals surface area contributed by atoms with Crippen LogP contribution < -0.4 is 10.1 Å². The van der Waals surface area contributed by atoms with Crippen molar-refractivity contribution >= 4 is 23.0 Å². The minimum Gasteiger partial charge on any atom is -0.501 e. The van der Waals surface area contributed by atoms with Gasteiger partial charge in [0, 0.05) is 5.69 Å². The average molecular weight is 211 g/mol. The molecule has 14 heavy (non-hydrogen) atoms. The van der Waals surface area contributed by atoms with Gasteiger partial charge >= 0.3 is 0 Å². The van der Waals surface area contributed by atoms with Crippen LogP contribution in [0.1, 0.15) is 6.92 Å². The standard InChI is InChI=1S/C10H13NO2S/c1-7(10(12)14)11-8-3-5-9(13-2)6-4-8/h3-7,11H,1-2H3,(H,12,14)/t7-/m0/s1. The van der Waals surface area contributed by atoms with Crippen LogP contribution in [0.25, 0.3) is 0 Å². The summed E-state index contributed by atoms with van der Waals surface area (Å²) < 4.78 is 5.02. The van der Waals surface area contributed by atoms with Crippen molar-refractivity contribution in [2.24, 2.45) is 0 Å². The second-order valence-corrected chi connectivity index (χ2v) is 3.35. The highest BCUT2D eigenvalue weighted by Gasteiger charge is 2.05. The number of thiocarbonyl (C=S) groups is 1. The molecule has 0 aliphatic rings. The molecule has 3 nitrogen and oxygen atoms in total. The van der Waals surface area contributed by atoms with Crippen LogP contribution in [0.5, 0.6) is 5.75 Å². The summed E-state index contributed by atoms with van der Waals surface area (Å²) in [5, 5.41) is 12.0. The molecular weight excluding hydrogens is 198 g/mol. The van der Waals surface area contributed by atoms with Crippen LogP contribution in [0.15, 0.2) is 24.3 Å². The van der Waals surface area contributed by atoms with E-state index in [1.807, 2.05) is 24.3 Å². The maximum atomic E-state index is 9.03. The van der Waals surface area contributed by atoms with Gasteiger partial charge in [-0.3, -0.25) is 0 Å². The third kappa shape index (κ3) is 2.88. The highest BCUT2D eigenvalue weighted by atomic mass is 32.1. The van der Waals surface area contributed by atoms with Gasteiger partial charge < -0.3 is 15.2 Å². The van der Waals surface area contributed by atoms with Gasteiger partial charge in [-0.25, -0.2) is 0 Å². The highest BCUT2D eigenvalue weighted by molar-refractivity contribution is 7.80. The van der Waals surface area contributed by atoms with Crippen LogP contribution in [0.4, 0.5) is 5.69 Å². The smallest absolute Gasteiger partial charge is 0.179 e. The Hall–Kier alpha value is -1.29. The predicted molar refractivity (Wildman–Crippen MR) is 61.3 cm³/mol. The Morgan fingerprint density at radius 1 is 1.43 bits per heavy atom. The maximum absolute atomic E-state index is 9.03. The van der Waals surface area contributed by atoms with E-state index in [-0.39, 0.29) is 11.1 Å². The summed E-state index contributed by atoms with van der Waals surface area (Å²) in [5.74, 6) is 0.801. The number of hydrogen-bond donors (Lipinski definition) is 2. The van der Waals surface area contributed by atoms with Crippen LogP contribution in [0, 0.1) is 0 Å². The van der Waals surface area contributed by atoms with Crippen LogP contribution >= 0.6 is 12.2 Å². The first-order valence-electron chi connectivity index (χ1n) is 4.27. The summed E-state index contributed by atoms with van der Waals surface area (Å²) in [6.07, 6.45) is 0. The number of aliphatic hydroxyl groups is 1. The van der Waals surface area contributed by atoms with E-state index >= 15 is 0 Å². The number of aliphatic hydroxyl groups excluding tert-OH is 1. The molecule has 4 heteroatoms. The molecule has 0 radical (unpaired) electrons. The first-order chi connectivity index (χ1) is 6.63. The van der Waals surface area contributed by atoms with E-state index in [1.165, 1.54) is 0 Å². The molecule has 0 aromatic heterocycles. The molecule has 0 saturated heterocycles. The molecule has 0 unspecified atom stereocenters. The van der Waals surface area contributed by atoms with Gasteiger partial charge in [-0.1, -0.05) is 0 Å². The first kappa shape index (κ1) is 10.8. The number of hydrogen-bond acceptors (Lipinski definition) is 3. The van der Waals surface area contributed by atoms with E-state index < -0.39 is 0 Å². The molecule has 0 fully saturated rings. The quantitative estimate of drug-likeness (QED) is 0.750. The normalized spacial score (nSPS) is 11.9. The lowest BCUT2D eigenvalue weighted by atomic mass is 10.2. The van der Waals surface area contributed by atoms with E-state index in [0.717, 1.165) is 11.4 Å². The SMILES string of the molecule is COc1ccc(N[C@@H](C)C(O)=S)cc1. The average Bonchev–Trinajstić information content (AvgIpc) is 2.19. The number of rotatable bonds is 4. The lowest BCUT2D eigenvalue weighted by Gasteiger charge is -2.12. The van der Waals surface area contributed by atoms with Crippen molar-refractivity contribution in [1.29, 1.82) is 0 Å². The zero-order valence-corrected chi connectivity index (χ0v) is 8.97. The molecular formula is C10H13NO2S. The van der Waals surface area contributed by atoms with Crippen molar-refractivity contribution in [2.75, 3.05) is 12.4 Å². The van der Waals surface area contributed by atoms with Gasteiger partial charge in [0.05, 0.1) is 13.2 Å². The fraction of sp³-hybridized carbons (Fsp3) is 0.300. The van der Waals surface area contributed by atoms with Gasteiger partial charge in [0.2, 0.25) is 0 Å². The fourth-order valence-electron chi connectivity index (χ4n) is 0.999. The Morgan fingerprint density at radius 3 is 2.43 bits per heavy atom. The van der Waals surface area contributed by atoms with Crippen LogP contribution in [-0.4, -0.2) is 23.3 Å². The highest BCUT2D eigenvalue weighted by Crippen LogP contribution is 2.15. The van der Waals surface area contributed by atoms with Gasteiger partial charge in [0.25, 0.3) is 0 Å². The second-order valence-electron chi connectivity index (χ2n) is 2.93. The van der Waals surface area contributed by atoms with Crippen molar-refractivity contribution in [2.45, 2.75) is 13.0 Å². The molecule has 1 aromatic rings. The Morgan fingerprint density at radius 2 is 2.00 bits per heavy atom. The van der Waals surface area contributed by atoms with Gasteiger partial charge in [0.1, 0.15) is 5.75 Å². The maximum Gasteiger partial charge on any atom is 0.179 e. The molecule has 1 atom stereocenters. The Kier molecular flexibility index (Phi) is 3.71. The van der Waals surface area contributed by atoms with E-state index in [1.54, 1.807) is 14.0 Å². The largest absolute Gasteiger partial charge is 0.501 e. The minimum atomic E-state index is -0.224. The Balaban J connectivity index is 2.64. The first-order valence-corrected chi connectivity index (χ1v) is 4.67. The van der Waals surface area contributed by atoms with Gasteiger partial charge in [-0.05, 0) is 43.4 Å². The van der Waals surface area contributed by atoms with Crippen molar-refractivity contribution < 1.29 is 9.84 Å². The topological polar surface area (TPSA) is 41.5 Å². The van der Waals surface area contributed by atoms with Gasteiger partial charge in [-0.15, -0.1) is 0 Å². The second kappa shape index (κ2) is 4.81. The number of nitrogens with one attached hydrogen (secondary N) is 1. The van der Waals surface area contributed by atoms with E-state index in [4.69, 9.17) is 9.84 Å². The summed E-state index contributed by atoms with van der Waals surface area (Å²) in [6, 6.07) is 7.20. The van der Waals surface area contributed by atoms with Crippen molar-refractivity contribution in [1.82, 2.24) is 0 Å². The molecule has 0 aliphatic heterocycles. The van der Waals surface area contributed by atoms with Crippen LogP contribution in [0.3, 0.4) is 0 Å².